The number of halogens is 2. The maximum absolute atomic E-state index is 12.7. The van der Waals surface area contributed by atoms with E-state index in [9.17, 15) is 13.6 Å². The lowest BCUT2D eigenvalue weighted by Gasteiger charge is -2.16. The van der Waals surface area contributed by atoms with Gasteiger partial charge >= 0.3 is 0 Å². The molecule has 0 aromatic heterocycles. The number of carbonyl (C=O) groups is 1. The van der Waals surface area contributed by atoms with E-state index in [1.807, 2.05) is 0 Å². The molecular weight excluding hydrogens is 152 g/mol. The Labute approximate surface area is 65.0 Å². The van der Waals surface area contributed by atoms with Crippen LogP contribution in [-0.4, -0.2) is 24.3 Å². The van der Waals surface area contributed by atoms with Gasteiger partial charge in [-0.25, -0.2) is 8.78 Å². The van der Waals surface area contributed by atoms with Crippen molar-refractivity contribution in [2.24, 2.45) is 0 Å². The van der Waals surface area contributed by atoms with E-state index in [1.165, 1.54) is 6.92 Å². The summed E-state index contributed by atoms with van der Waals surface area (Å²) < 4.78 is 24.5. The molecule has 0 aliphatic heterocycles. The summed E-state index contributed by atoms with van der Waals surface area (Å²) in [5.41, 5.74) is -1.93. The van der Waals surface area contributed by atoms with E-state index in [0.717, 1.165) is 13.8 Å². The lowest BCUT2D eigenvalue weighted by molar-refractivity contribution is -0.131. The van der Waals surface area contributed by atoms with Crippen LogP contribution in [0.4, 0.5) is 8.78 Å². The highest BCUT2D eigenvalue weighted by atomic mass is 19.1. The summed E-state index contributed by atoms with van der Waals surface area (Å²) in [6, 6.07) is -0.613. The first-order valence-corrected chi connectivity index (χ1v) is 3.43. The molecule has 0 bridgehead atoms. The summed E-state index contributed by atoms with van der Waals surface area (Å²) in [7, 11) is 0. The molecule has 11 heavy (non-hydrogen) atoms. The van der Waals surface area contributed by atoms with Crippen molar-refractivity contribution >= 4 is 5.91 Å². The molecule has 0 fully saturated rings. The largest absolute Gasteiger partial charge is 0.348 e. The fraction of sp³-hybridized carbons (Fsp3) is 0.857. The predicted molar refractivity (Wildman–Crippen MR) is 38.8 cm³/mol. The molecule has 0 aliphatic rings. The fourth-order valence-corrected chi connectivity index (χ4v) is 0.434. The molecule has 0 heterocycles. The Morgan fingerprint density at radius 2 is 2.09 bits per heavy atom. The van der Waals surface area contributed by atoms with Crippen LogP contribution >= 0.6 is 0 Å². The molecule has 1 amide bonds. The summed E-state index contributed by atoms with van der Waals surface area (Å²) in [6.07, 6.45) is 0. The van der Waals surface area contributed by atoms with E-state index < -0.39 is 24.3 Å². The predicted octanol–water partition coefficient (Wildman–Crippen LogP) is 1.21. The minimum Gasteiger partial charge on any atom is -0.348 e. The number of amides is 1. The van der Waals surface area contributed by atoms with Crippen LogP contribution in [0.1, 0.15) is 20.8 Å². The number of rotatable bonds is 3. The van der Waals surface area contributed by atoms with Crippen molar-refractivity contribution in [3.8, 4) is 0 Å². The molecule has 0 aliphatic carbocycles. The molecule has 0 spiro atoms. The van der Waals surface area contributed by atoms with Gasteiger partial charge in [0.1, 0.15) is 6.67 Å². The van der Waals surface area contributed by atoms with E-state index in [0.29, 0.717) is 0 Å². The zero-order chi connectivity index (χ0) is 9.07. The summed E-state index contributed by atoms with van der Waals surface area (Å²) in [5, 5.41) is 2.18. The third-order valence-electron chi connectivity index (χ3n) is 1.15. The van der Waals surface area contributed by atoms with Crippen molar-refractivity contribution < 1.29 is 13.6 Å². The van der Waals surface area contributed by atoms with Gasteiger partial charge in [0.2, 0.25) is 0 Å². The van der Waals surface area contributed by atoms with Gasteiger partial charge in [-0.05, 0) is 20.8 Å². The second kappa shape index (κ2) is 3.64. The van der Waals surface area contributed by atoms with Crippen molar-refractivity contribution in [1.29, 1.82) is 0 Å². The molecule has 1 unspecified atom stereocenters. The zero-order valence-electron chi connectivity index (χ0n) is 6.95. The highest BCUT2D eigenvalue weighted by Crippen LogP contribution is 2.07. The Hall–Kier alpha value is -0.670. The molecule has 0 saturated carbocycles. The van der Waals surface area contributed by atoms with Gasteiger partial charge in [-0.15, -0.1) is 0 Å². The number of alkyl halides is 2. The van der Waals surface area contributed by atoms with Gasteiger partial charge in [0, 0.05) is 0 Å². The van der Waals surface area contributed by atoms with Crippen LogP contribution in [0.25, 0.3) is 0 Å². The minimum absolute atomic E-state index is 0.613. The molecule has 0 saturated heterocycles. The Kier molecular flexibility index (Phi) is 3.42. The van der Waals surface area contributed by atoms with E-state index in [1.54, 1.807) is 0 Å². The molecule has 66 valence electrons. The summed E-state index contributed by atoms with van der Waals surface area (Å²) in [5.74, 6) is -0.775. The zero-order valence-corrected chi connectivity index (χ0v) is 6.95. The van der Waals surface area contributed by atoms with Crippen molar-refractivity contribution in [2.75, 3.05) is 6.67 Å². The molecule has 1 atom stereocenters. The van der Waals surface area contributed by atoms with Gasteiger partial charge in [0.25, 0.3) is 5.91 Å². The number of carbonyl (C=O) groups excluding carboxylic acids is 1. The minimum atomic E-state index is -1.93. The Morgan fingerprint density at radius 1 is 1.64 bits per heavy atom. The third kappa shape index (κ3) is 3.91. The first-order chi connectivity index (χ1) is 4.88. The van der Waals surface area contributed by atoms with Crippen LogP contribution in [0.5, 0.6) is 0 Å². The molecule has 0 aromatic rings. The number of hydrogen-bond acceptors (Lipinski definition) is 1. The van der Waals surface area contributed by atoms with Crippen molar-refractivity contribution in [2.45, 2.75) is 32.5 Å². The Balaban J connectivity index is 3.88. The highest BCUT2D eigenvalue weighted by molar-refractivity contribution is 5.84. The first kappa shape index (κ1) is 10.3. The molecule has 0 aromatic carbocycles. The fourth-order valence-electron chi connectivity index (χ4n) is 0.434. The van der Waals surface area contributed by atoms with Crippen LogP contribution < -0.4 is 5.32 Å². The Morgan fingerprint density at radius 3 is 2.36 bits per heavy atom. The van der Waals surface area contributed by atoms with Crippen LogP contribution in [0.2, 0.25) is 0 Å². The first-order valence-electron chi connectivity index (χ1n) is 3.43. The van der Waals surface area contributed by atoms with E-state index in [4.69, 9.17) is 0 Å². The van der Waals surface area contributed by atoms with Gasteiger partial charge in [0.15, 0.2) is 5.67 Å². The molecular formula is C7H13F2NO. The summed E-state index contributed by atoms with van der Waals surface area (Å²) in [6.45, 7) is 3.06. The SMILES string of the molecule is CC(CF)NC(=O)C(C)(C)F. The van der Waals surface area contributed by atoms with Gasteiger partial charge < -0.3 is 5.32 Å². The average molecular weight is 165 g/mol. The van der Waals surface area contributed by atoms with Gasteiger partial charge in [-0.2, -0.15) is 0 Å². The van der Waals surface area contributed by atoms with Crippen molar-refractivity contribution in [3.63, 3.8) is 0 Å². The third-order valence-corrected chi connectivity index (χ3v) is 1.15. The molecule has 0 rings (SSSR count). The molecule has 1 N–H and O–H groups in total. The highest BCUT2D eigenvalue weighted by Gasteiger charge is 2.27. The van der Waals surface area contributed by atoms with Crippen LogP contribution in [-0.2, 0) is 4.79 Å². The van der Waals surface area contributed by atoms with Crippen LogP contribution in [0.3, 0.4) is 0 Å². The summed E-state index contributed by atoms with van der Waals surface area (Å²) >= 11 is 0. The maximum Gasteiger partial charge on any atom is 0.257 e. The van der Waals surface area contributed by atoms with E-state index in [-0.39, 0.29) is 0 Å². The van der Waals surface area contributed by atoms with Gasteiger partial charge in [-0.1, -0.05) is 0 Å². The summed E-state index contributed by atoms with van der Waals surface area (Å²) in [4.78, 5) is 10.8. The lowest BCUT2D eigenvalue weighted by Crippen LogP contribution is -2.44. The van der Waals surface area contributed by atoms with Gasteiger partial charge in [-0.3, -0.25) is 4.79 Å². The second-order valence-corrected chi connectivity index (χ2v) is 3.00. The monoisotopic (exact) mass is 165 g/mol. The number of hydrogen-bond donors (Lipinski definition) is 1. The van der Waals surface area contributed by atoms with Crippen LogP contribution in [0, 0.1) is 0 Å². The average Bonchev–Trinajstić information content (AvgIpc) is 1.85. The van der Waals surface area contributed by atoms with Crippen molar-refractivity contribution in [1.82, 2.24) is 5.32 Å². The normalized spacial score (nSPS) is 14.3. The lowest BCUT2D eigenvalue weighted by atomic mass is 10.1. The van der Waals surface area contributed by atoms with Crippen molar-refractivity contribution in [3.05, 3.63) is 0 Å². The second-order valence-electron chi connectivity index (χ2n) is 3.00. The number of nitrogens with one attached hydrogen (secondary N) is 1. The topological polar surface area (TPSA) is 29.1 Å². The quantitative estimate of drug-likeness (QED) is 0.669. The van der Waals surface area contributed by atoms with Crippen LogP contribution in [0.15, 0.2) is 0 Å². The van der Waals surface area contributed by atoms with E-state index >= 15 is 0 Å². The van der Waals surface area contributed by atoms with Gasteiger partial charge in [0.05, 0.1) is 6.04 Å². The van der Waals surface area contributed by atoms with E-state index in [2.05, 4.69) is 5.32 Å². The smallest absolute Gasteiger partial charge is 0.257 e. The standard InChI is InChI=1S/C7H13F2NO/c1-5(4-8)10-6(11)7(2,3)9/h5H,4H2,1-3H3,(H,10,11). The molecule has 2 nitrogen and oxygen atoms in total. The molecule has 4 heteroatoms. The maximum atomic E-state index is 12.7. The molecule has 0 radical (unpaired) electrons. The Bertz CT molecular complexity index is 142.